The average Bonchev–Trinajstić information content (AvgIpc) is 3.32. The van der Waals surface area contributed by atoms with Gasteiger partial charge in [0.1, 0.15) is 36.6 Å². The van der Waals surface area contributed by atoms with E-state index in [1.807, 2.05) is 6.08 Å². The third-order valence-corrected chi connectivity index (χ3v) is 15.1. The smallest absolute Gasteiger partial charge is 0.387 e. The van der Waals surface area contributed by atoms with Gasteiger partial charge in [0.05, 0.1) is 18.8 Å². The van der Waals surface area contributed by atoms with Gasteiger partial charge in [-0.25, -0.2) is 4.57 Å². The molecule has 8 N–H and O–H groups in total. The van der Waals surface area contributed by atoms with E-state index in [1.165, 1.54) is 205 Å². The number of hydrogen-bond acceptors (Lipinski definition) is 10. The van der Waals surface area contributed by atoms with Gasteiger partial charge in [-0.15, -0.1) is 0 Å². The molecule has 0 spiro atoms. The number of allylic oxidation sites excluding steroid dienone is 1. The van der Waals surface area contributed by atoms with E-state index in [9.17, 15) is 44.9 Å². The molecule has 12 nitrogen and oxygen atoms in total. The highest BCUT2D eigenvalue weighted by Crippen LogP contribution is 2.47. The van der Waals surface area contributed by atoms with E-state index in [-0.39, 0.29) is 12.3 Å². The van der Waals surface area contributed by atoms with Crippen molar-refractivity contribution in [2.45, 2.75) is 326 Å². The molecule has 0 bridgehead atoms. The summed E-state index contributed by atoms with van der Waals surface area (Å²) < 4.78 is 23.0. The van der Waals surface area contributed by atoms with Crippen molar-refractivity contribution in [2.75, 3.05) is 6.61 Å². The number of unbranched alkanes of at least 4 members (excludes halogenated alkanes) is 38. The van der Waals surface area contributed by atoms with Gasteiger partial charge in [0.15, 0.2) is 0 Å². The predicted molar refractivity (Wildman–Crippen MR) is 278 cm³/mol. The molecule has 0 aromatic heterocycles. The van der Waals surface area contributed by atoms with Crippen LogP contribution in [-0.2, 0) is 18.4 Å². The molecule has 0 heterocycles. The van der Waals surface area contributed by atoms with Gasteiger partial charge in [-0.05, 0) is 19.3 Å². The maximum atomic E-state index is 13.0. The van der Waals surface area contributed by atoms with Gasteiger partial charge in [0.2, 0.25) is 5.91 Å². The minimum Gasteiger partial charge on any atom is -0.387 e. The Morgan fingerprint density at radius 1 is 0.485 bits per heavy atom. The molecule has 1 amide bonds. The third kappa shape index (κ3) is 35.2. The largest absolute Gasteiger partial charge is 0.472 e. The first-order chi connectivity index (χ1) is 32.9. The normalized spacial score (nSPS) is 21.6. The van der Waals surface area contributed by atoms with Crippen LogP contribution in [-0.4, -0.2) is 96.8 Å². The highest BCUT2D eigenvalue weighted by atomic mass is 31.2. The second-order valence-corrected chi connectivity index (χ2v) is 21.9. The van der Waals surface area contributed by atoms with Gasteiger partial charge in [-0.2, -0.15) is 0 Å². The molecule has 6 unspecified atom stereocenters. The summed E-state index contributed by atoms with van der Waals surface area (Å²) in [7, 11) is -5.08. The van der Waals surface area contributed by atoms with Crippen LogP contribution in [0.5, 0.6) is 0 Å². The van der Waals surface area contributed by atoms with Crippen LogP contribution in [0.3, 0.4) is 0 Å². The molecule has 1 aliphatic carbocycles. The number of aliphatic hydroxyl groups is 6. The molecule has 0 aromatic rings. The lowest BCUT2D eigenvalue weighted by molar-refractivity contribution is -0.220. The van der Waals surface area contributed by atoms with Crippen molar-refractivity contribution in [1.82, 2.24) is 5.32 Å². The molecule has 0 saturated heterocycles. The van der Waals surface area contributed by atoms with E-state index in [4.69, 9.17) is 9.05 Å². The molecular formula is C55H108NO11P. The zero-order chi connectivity index (χ0) is 49.9. The number of rotatable bonds is 49. The summed E-state index contributed by atoms with van der Waals surface area (Å²) in [5, 5.41) is 64.3. The minimum absolute atomic E-state index is 0.219. The molecule has 13 heteroatoms. The molecule has 9 atom stereocenters. The van der Waals surface area contributed by atoms with Crippen molar-refractivity contribution in [3.8, 4) is 0 Å². The number of phosphoric ester groups is 1. The number of amides is 1. The number of hydrogen-bond donors (Lipinski definition) is 8. The lowest BCUT2D eigenvalue weighted by Gasteiger charge is -2.41. The van der Waals surface area contributed by atoms with Crippen LogP contribution in [0.2, 0.25) is 0 Å². The van der Waals surface area contributed by atoms with Crippen molar-refractivity contribution in [2.24, 2.45) is 0 Å². The fraction of sp³-hybridized carbons (Fsp3) is 0.945. The molecule has 0 aliphatic heterocycles. The van der Waals surface area contributed by atoms with E-state index in [2.05, 4.69) is 19.2 Å². The van der Waals surface area contributed by atoms with Gasteiger partial charge in [0, 0.05) is 6.42 Å². The summed E-state index contributed by atoms with van der Waals surface area (Å²) >= 11 is 0. The first-order valence-corrected chi connectivity index (χ1v) is 30.1. The zero-order valence-electron chi connectivity index (χ0n) is 43.7. The fourth-order valence-corrected chi connectivity index (χ4v) is 10.4. The van der Waals surface area contributed by atoms with E-state index in [0.717, 1.165) is 44.9 Å². The summed E-state index contributed by atoms with van der Waals surface area (Å²) in [5.74, 6) is -0.334. The number of carbonyl (C=O) groups is 1. The molecule has 1 saturated carbocycles. The number of nitrogens with one attached hydrogen (secondary N) is 1. The third-order valence-electron chi connectivity index (χ3n) is 14.1. The molecular weight excluding hydrogens is 882 g/mol. The van der Waals surface area contributed by atoms with Gasteiger partial charge < -0.3 is 40.8 Å². The number of phosphoric acid groups is 1. The van der Waals surface area contributed by atoms with Crippen LogP contribution in [0, 0.1) is 0 Å². The quantitative estimate of drug-likeness (QED) is 0.0163. The first-order valence-electron chi connectivity index (χ1n) is 28.6. The number of aliphatic hydroxyl groups excluding tert-OH is 6. The maximum Gasteiger partial charge on any atom is 0.472 e. The Hall–Kier alpha value is -0.920. The monoisotopic (exact) mass is 990 g/mol. The summed E-state index contributed by atoms with van der Waals surface area (Å²) in [6.07, 6.45) is 41.4. The lowest BCUT2D eigenvalue weighted by Crippen LogP contribution is -2.64. The van der Waals surface area contributed by atoms with Gasteiger partial charge in [-0.1, -0.05) is 264 Å². The van der Waals surface area contributed by atoms with Gasteiger partial charge in [0.25, 0.3) is 0 Å². The van der Waals surface area contributed by atoms with E-state index in [0.29, 0.717) is 6.42 Å². The molecule has 1 aliphatic rings. The molecule has 68 heavy (non-hydrogen) atoms. The Morgan fingerprint density at radius 3 is 1.12 bits per heavy atom. The van der Waals surface area contributed by atoms with Crippen molar-refractivity contribution in [3.63, 3.8) is 0 Å². The highest BCUT2D eigenvalue weighted by Gasteiger charge is 2.51. The highest BCUT2D eigenvalue weighted by molar-refractivity contribution is 7.47. The Bertz CT molecular complexity index is 1200. The molecule has 1 fully saturated rings. The molecule has 0 radical (unpaired) electrons. The molecule has 404 valence electrons. The predicted octanol–water partition coefficient (Wildman–Crippen LogP) is 12.7. The van der Waals surface area contributed by atoms with Crippen LogP contribution in [0.1, 0.15) is 277 Å². The summed E-state index contributed by atoms with van der Waals surface area (Å²) in [4.78, 5) is 23.5. The number of carbonyl (C=O) groups excluding carboxylic acids is 1. The van der Waals surface area contributed by atoms with Crippen LogP contribution < -0.4 is 5.32 Å². The Balaban J connectivity index is 2.34. The van der Waals surface area contributed by atoms with E-state index < -0.39 is 63.2 Å². The zero-order valence-corrected chi connectivity index (χ0v) is 44.6. The van der Waals surface area contributed by atoms with Crippen molar-refractivity contribution in [1.29, 1.82) is 0 Å². The van der Waals surface area contributed by atoms with Crippen LogP contribution in [0.25, 0.3) is 0 Å². The minimum atomic E-state index is -5.08. The van der Waals surface area contributed by atoms with Crippen molar-refractivity contribution < 1.29 is 53.9 Å². The maximum absolute atomic E-state index is 13.0. The average molecular weight is 990 g/mol. The standard InChI is InChI=1S/C55H108NO11P/c1-3-5-7-9-11-13-15-17-19-21-22-23-24-25-26-27-29-31-33-35-37-39-41-43-45-49(58)56-47(46-66-68(64,65)67-55-53(62)51(60)50(59)52(61)54(55)63)48(57)44-42-40-38-36-34-32-30-28-20-18-16-14-12-10-8-6-4-2/h42,44,47-48,50-55,57,59-63H,3-41,43,45-46H2,1-2H3,(H,56,58)(H,64,65)/b44-42+/t47-,48+,50?,51+,52?,53?,54?,55?/m0/s1. The SMILES string of the molecule is CCCCCCCCCCCCCCCCC/C=C/[C@@H](O)[C@H](COP(=O)(O)OC1C(O)C(O)C(O)[C@@H](O)C1O)NC(=O)CCCCCCCCCCCCCCCCCCCCCCCCCC. The van der Waals surface area contributed by atoms with Crippen molar-refractivity contribution in [3.05, 3.63) is 12.2 Å². The van der Waals surface area contributed by atoms with E-state index in [1.54, 1.807) is 6.08 Å². The summed E-state index contributed by atoms with van der Waals surface area (Å²) in [6, 6.07) is -1.11. The summed E-state index contributed by atoms with van der Waals surface area (Å²) in [5.41, 5.74) is 0. The Kier molecular flexibility index (Phi) is 42.8. The van der Waals surface area contributed by atoms with Crippen LogP contribution >= 0.6 is 7.82 Å². The second-order valence-electron chi connectivity index (χ2n) is 20.5. The van der Waals surface area contributed by atoms with Crippen LogP contribution in [0.4, 0.5) is 0 Å². The van der Waals surface area contributed by atoms with Gasteiger partial charge in [-0.3, -0.25) is 13.8 Å². The first kappa shape index (κ1) is 65.1. The lowest BCUT2D eigenvalue weighted by atomic mass is 9.85. The van der Waals surface area contributed by atoms with Gasteiger partial charge >= 0.3 is 7.82 Å². The topological polar surface area (TPSA) is 206 Å². The van der Waals surface area contributed by atoms with Crippen molar-refractivity contribution >= 4 is 13.7 Å². The second kappa shape index (κ2) is 44.8. The fourth-order valence-electron chi connectivity index (χ4n) is 9.44. The Labute approximate surface area is 416 Å². The van der Waals surface area contributed by atoms with Crippen LogP contribution in [0.15, 0.2) is 12.2 Å². The Morgan fingerprint density at radius 2 is 0.779 bits per heavy atom. The summed E-state index contributed by atoms with van der Waals surface area (Å²) in [6.45, 7) is 3.89. The van der Waals surface area contributed by atoms with E-state index >= 15 is 0 Å². The molecule has 0 aromatic carbocycles. The molecule has 1 rings (SSSR count).